The Bertz CT molecular complexity index is 831. The molecule has 0 fully saturated rings. The highest BCUT2D eigenvalue weighted by atomic mass is 16.2. The average Bonchev–Trinajstić information content (AvgIpc) is 3.03. The summed E-state index contributed by atoms with van der Waals surface area (Å²) in [4.78, 5) is 24.4. The molecular formula is C21H31N5O2. The first-order valence-electron chi connectivity index (χ1n) is 9.49. The van der Waals surface area contributed by atoms with Crippen molar-refractivity contribution in [3.05, 3.63) is 41.6 Å². The van der Waals surface area contributed by atoms with Gasteiger partial charge in [0.2, 0.25) is 11.8 Å². The monoisotopic (exact) mass is 385 g/mol. The molecule has 1 aromatic heterocycles. The molecule has 0 saturated carbocycles. The van der Waals surface area contributed by atoms with Gasteiger partial charge in [0.25, 0.3) is 0 Å². The first-order chi connectivity index (χ1) is 13.0. The lowest BCUT2D eigenvalue weighted by Crippen LogP contribution is -2.46. The summed E-state index contributed by atoms with van der Waals surface area (Å²) in [6.07, 6.45) is 0. The van der Waals surface area contributed by atoms with E-state index in [1.54, 1.807) is 4.68 Å². The fourth-order valence-electron chi connectivity index (χ4n) is 2.49. The van der Waals surface area contributed by atoms with Crippen LogP contribution >= 0.6 is 0 Å². The van der Waals surface area contributed by atoms with E-state index >= 15 is 0 Å². The maximum Gasteiger partial charge on any atom is 0.244 e. The molecule has 0 radical (unpaired) electrons. The number of hydrogen-bond donors (Lipinski definition) is 3. The van der Waals surface area contributed by atoms with Crippen molar-refractivity contribution in [2.24, 2.45) is 11.7 Å². The van der Waals surface area contributed by atoms with Crippen molar-refractivity contribution in [2.75, 3.05) is 11.9 Å². The van der Waals surface area contributed by atoms with E-state index in [1.165, 1.54) is 0 Å². The van der Waals surface area contributed by atoms with Crippen LogP contribution in [0.2, 0.25) is 0 Å². The number of nitrogens with one attached hydrogen (secondary N) is 2. The van der Waals surface area contributed by atoms with Crippen molar-refractivity contribution in [1.82, 2.24) is 15.1 Å². The van der Waals surface area contributed by atoms with Gasteiger partial charge in [0, 0.05) is 11.5 Å². The summed E-state index contributed by atoms with van der Waals surface area (Å²) in [6.45, 7) is 11.8. The number of hydrogen-bond acceptors (Lipinski definition) is 4. The second-order valence-electron chi connectivity index (χ2n) is 8.45. The molecule has 0 unspecified atom stereocenters. The summed E-state index contributed by atoms with van der Waals surface area (Å²) < 4.78 is 1.71. The highest BCUT2D eigenvalue weighted by Gasteiger charge is 2.22. The van der Waals surface area contributed by atoms with Crippen molar-refractivity contribution in [3.8, 4) is 5.69 Å². The van der Waals surface area contributed by atoms with Crippen molar-refractivity contribution >= 4 is 17.6 Å². The van der Waals surface area contributed by atoms with Gasteiger partial charge in [-0.15, -0.1) is 0 Å². The Morgan fingerprint density at radius 3 is 2.32 bits per heavy atom. The van der Waals surface area contributed by atoms with E-state index in [4.69, 9.17) is 5.73 Å². The lowest BCUT2D eigenvalue weighted by atomic mass is 9.92. The van der Waals surface area contributed by atoms with Crippen LogP contribution in [-0.2, 0) is 15.0 Å². The van der Waals surface area contributed by atoms with Crippen LogP contribution in [-0.4, -0.2) is 34.2 Å². The van der Waals surface area contributed by atoms with Gasteiger partial charge in [-0.1, -0.05) is 52.3 Å². The Labute approximate surface area is 166 Å². The molecule has 4 N–H and O–H groups in total. The minimum atomic E-state index is -0.640. The molecule has 1 heterocycles. The quantitative estimate of drug-likeness (QED) is 0.711. The molecule has 7 heteroatoms. The number of aryl methyl sites for hydroxylation is 1. The van der Waals surface area contributed by atoms with E-state index in [2.05, 4.69) is 36.5 Å². The van der Waals surface area contributed by atoms with Crippen LogP contribution in [0, 0.1) is 12.8 Å². The van der Waals surface area contributed by atoms with Gasteiger partial charge in [-0.25, -0.2) is 4.68 Å². The molecule has 1 atom stereocenters. The number of benzene rings is 1. The number of aromatic nitrogens is 2. The van der Waals surface area contributed by atoms with Gasteiger partial charge >= 0.3 is 0 Å². The Morgan fingerprint density at radius 2 is 1.79 bits per heavy atom. The largest absolute Gasteiger partial charge is 0.346 e. The molecule has 7 nitrogen and oxygen atoms in total. The summed E-state index contributed by atoms with van der Waals surface area (Å²) in [5.74, 6) is -0.118. The van der Waals surface area contributed by atoms with Gasteiger partial charge in [-0.3, -0.25) is 9.59 Å². The molecule has 2 aromatic rings. The second kappa shape index (κ2) is 8.56. The zero-order chi connectivity index (χ0) is 21.1. The van der Waals surface area contributed by atoms with E-state index in [1.807, 2.05) is 51.1 Å². The predicted molar refractivity (Wildman–Crippen MR) is 111 cm³/mol. The number of nitrogens with two attached hydrogens (primary N) is 1. The molecule has 152 valence electrons. The summed E-state index contributed by atoms with van der Waals surface area (Å²) in [7, 11) is 0. The highest BCUT2D eigenvalue weighted by Crippen LogP contribution is 2.26. The zero-order valence-corrected chi connectivity index (χ0v) is 17.5. The maximum absolute atomic E-state index is 12.4. The molecule has 2 rings (SSSR count). The normalized spacial score (nSPS) is 12.7. The molecule has 28 heavy (non-hydrogen) atoms. The van der Waals surface area contributed by atoms with Crippen LogP contribution < -0.4 is 16.4 Å². The van der Waals surface area contributed by atoms with Crippen LogP contribution in [0.3, 0.4) is 0 Å². The summed E-state index contributed by atoms with van der Waals surface area (Å²) in [5.41, 5.74) is 8.48. The van der Waals surface area contributed by atoms with Gasteiger partial charge in [0.05, 0.1) is 24.0 Å². The van der Waals surface area contributed by atoms with Gasteiger partial charge in [-0.2, -0.15) is 5.10 Å². The number of anilines is 1. The van der Waals surface area contributed by atoms with Crippen molar-refractivity contribution in [2.45, 2.75) is 53.0 Å². The molecule has 0 spiro atoms. The number of amides is 2. The van der Waals surface area contributed by atoms with Gasteiger partial charge in [-0.05, 0) is 25.0 Å². The molecule has 0 bridgehead atoms. The maximum atomic E-state index is 12.4. The van der Waals surface area contributed by atoms with E-state index in [9.17, 15) is 9.59 Å². The Hall–Kier alpha value is -2.67. The van der Waals surface area contributed by atoms with Crippen LogP contribution in [0.1, 0.15) is 45.9 Å². The van der Waals surface area contributed by atoms with Crippen LogP contribution in [0.4, 0.5) is 5.82 Å². The Balaban J connectivity index is 2.19. The topological polar surface area (TPSA) is 102 Å². The fourth-order valence-corrected chi connectivity index (χ4v) is 2.49. The molecule has 2 amide bonds. The number of rotatable bonds is 6. The van der Waals surface area contributed by atoms with E-state index in [0.29, 0.717) is 5.82 Å². The van der Waals surface area contributed by atoms with Gasteiger partial charge < -0.3 is 16.4 Å². The first kappa shape index (κ1) is 21.6. The van der Waals surface area contributed by atoms with E-state index in [0.717, 1.165) is 16.9 Å². The van der Waals surface area contributed by atoms with Crippen molar-refractivity contribution in [3.63, 3.8) is 0 Å². The van der Waals surface area contributed by atoms with Gasteiger partial charge in [0.15, 0.2) is 0 Å². The van der Waals surface area contributed by atoms with E-state index < -0.39 is 6.04 Å². The third-order valence-corrected chi connectivity index (χ3v) is 4.47. The molecule has 0 aliphatic rings. The molecule has 0 aliphatic carbocycles. The summed E-state index contributed by atoms with van der Waals surface area (Å²) >= 11 is 0. The zero-order valence-electron chi connectivity index (χ0n) is 17.5. The lowest BCUT2D eigenvalue weighted by Gasteiger charge is -2.15. The van der Waals surface area contributed by atoms with Crippen molar-refractivity contribution < 1.29 is 9.59 Å². The summed E-state index contributed by atoms with van der Waals surface area (Å²) in [5, 5.41) is 10.1. The first-order valence-corrected chi connectivity index (χ1v) is 9.49. The van der Waals surface area contributed by atoms with E-state index in [-0.39, 0.29) is 29.7 Å². The average molecular weight is 386 g/mol. The smallest absolute Gasteiger partial charge is 0.244 e. The minimum Gasteiger partial charge on any atom is -0.346 e. The number of nitrogens with zero attached hydrogens (tertiary/aromatic N) is 2. The summed E-state index contributed by atoms with van der Waals surface area (Å²) in [6, 6.07) is 9.11. The minimum absolute atomic E-state index is 0.000347. The van der Waals surface area contributed by atoms with Crippen LogP contribution in [0.15, 0.2) is 30.3 Å². The molecule has 1 aromatic carbocycles. The molecule has 0 saturated heterocycles. The third-order valence-electron chi connectivity index (χ3n) is 4.47. The molecule has 0 aliphatic heterocycles. The number of carbonyl (C=O) groups is 2. The standard InChI is InChI=1S/C21H31N5O2/c1-13(2)19(22)20(28)23-12-18(27)24-17-11-16(21(4,5)6)25-26(17)15-9-7-14(3)8-10-15/h7-11,13,19H,12,22H2,1-6H3,(H,23,28)(H,24,27)/t19-/m0/s1. The Kier molecular flexibility index (Phi) is 6.61. The Morgan fingerprint density at radius 1 is 1.18 bits per heavy atom. The number of carbonyl (C=O) groups excluding carboxylic acids is 2. The lowest BCUT2D eigenvalue weighted by molar-refractivity contribution is -0.125. The molecular weight excluding hydrogens is 354 g/mol. The highest BCUT2D eigenvalue weighted by molar-refractivity contribution is 5.95. The second-order valence-corrected chi connectivity index (χ2v) is 8.45. The predicted octanol–water partition coefficient (Wildman–Crippen LogP) is 2.52. The van der Waals surface area contributed by atoms with Crippen LogP contribution in [0.5, 0.6) is 0 Å². The fraction of sp³-hybridized carbons (Fsp3) is 0.476. The van der Waals surface area contributed by atoms with Crippen molar-refractivity contribution in [1.29, 1.82) is 0 Å². The SMILES string of the molecule is Cc1ccc(-n2nc(C(C)(C)C)cc2NC(=O)CNC(=O)[C@@H](N)C(C)C)cc1. The third kappa shape index (κ3) is 5.42. The van der Waals surface area contributed by atoms with Crippen LogP contribution in [0.25, 0.3) is 5.69 Å². The van der Waals surface area contributed by atoms with Gasteiger partial charge in [0.1, 0.15) is 5.82 Å².